The smallest absolute Gasteiger partial charge is 0.291 e. The van der Waals surface area contributed by atoms with Gasteiger partial charge in [-0.1, -0.05) is 6.92 Å². The van der Waals surface area contributed by atoms with Crippen LogP contribution in [0.4, 0.5) is 16.4 Å². The highest BCUT2D eigenvalue weighted by Crippen LogP contribution is 2.46. The van der Waals surface area contributed by atoms with Crippen LogP contribution in [0.1, 0.15) is 44.8 Å². The topological polar surface area (TPSA) is 87.6 Å². The van der Waals surface area contributed by atoms with Crippen molar-refractivity contribution in [2.45, 2.75) is 39.2 Å². The molecule has 2 unspecified atom stereocenters. The minimum absolute atomic E-state index is 0.262. The largest absolute Gasteiger partial charge is 0.326 e. The van der Waals surface area contributed by atoms with Crippen LogP contribution in [0.2, 0.25) is 0 Å². The Morgan fingerprint density at radius 2 is 2.14 bits per heavy atom. The van der Waals surface area contributed by atoms with Crippen LogP contribution in [0.15, 0.2) is 18.3 Å². The number of carbonyl (C=O) groups excluding carboxylic acids is 1. The Morgan fingerprint density at radius 3 is 2.76 bits per heavy atom. The molecule has 21 heavy (non-hydrogen) atoms. The number of rotatable bonds is 4. The Bertz CT molecular complexity index is 643. The second-order valence-corrected chi connectivity index (χ2v) is 5.88. The van der Waals surface area contributed by atoms with Gasteiger partial charge in [0.2, 0.25) is 0 Å². The molecule has 0 bridgehead atoms. The van der Waals surface area contributed by atoms with Crippen molar-refractivity contribution < 1.29 is 4.79 Å². The lowest BCUT2D eigenvalue weighted by atomic mass is 10.2. The van der Waals surface area contributed by atoms with E-state index in [0.29, 0.717) is 23.5 Å². The zero-order valence-corrected chi connectivity index (χ0v) is 12.4. The van der Waals surface area contributed by atoms with E-state index < -0.39 is 0 Å². The number of hydrogen-bond donors (Lipinski definition) is 3. The normalized spacial score (nSPS) is 20.6. The Hall–Kier alpha value is -2.31. The van der Waals surface area contributed by atoms with E-state index in [0.717, 1.165) is 5.69 Å². The predicted molar refractivity (Wildman–Crippen MR) is 80.4 cm³/mol. The number of H-pyrrole nitrogens is 1. The van der Waals surface area contributed by atoms with Crippen molar-refractivity contribution in [3.05, 3.63) is 24.0 Å². The standard InChI is InChI=1S/C14H20N6O/c1-8(2)20-5-4-12(19-20)15-14(21)16-13-7-11(17-18-13)10-6-9(10)3/h4-5,7-10H,6H2,1-3H3,(H3,15,16,17,18,19,21). The molecule has 112 valence electrons. The minimum Gasteiger partial charge on any atom is -0.291 e. The maximum Gasteiger partial charge on any atom is 0.326 e. The first-order chi connectivity index (χ1) is 10.0. The van der Waals surface area contributed by atoms with Crippen molar-refractivity contribution in [1.29, 1.82) is 0 Å². The third kappa shape index (κ3) is 3.07. The van der Waals surface area contributed by atoms with Crippen molar-refractivity contribution >= 4 is 17.7 Å². The van der Waals surface area contributed by atoms with Crippen molar-refractivity contribution in [2.24, 2.45) is 5.92 Å². The number of amides is 2. The number of hydrogen-bond acceptors (Lipinski definition) is 3. The molecule has 0 aromatic carbocycles. The summed E-state index contributed by atoms with van der Waals surface area (Å²) in [5.41, 5.74) is 1.09. The summed E-state index contributed by atoms with van der Waals surface area (Å²) in [6.07, 6.45) is 3.02. The lowest BCUT2D eigenvalue weighted by Crippen LogP contribution is -2.20. The fourth-order valence-electron chi connectivity index (χ4n) is 2.30. The van der Waals surface area contributed by atoms with E-state index >= 15 is 0 Å². The molecule has 7 nitrogen and oxygen atoms in total. The Balaban J connectivity index is 1.57. The first-order valence-electron chi connectivity index (χ1n) is 7.21. The molecule has 0 aliphatic heterocycles. The molecule has 3 rings (SSSR count). The Labute approximate surface area is 123 Å². The van der Waals surface area contributed by atoms with Gasteiger partial charge in [0, 0.05) is 36.0 Å². The van der Waals surface area contributed by atoms with Gasteiger partial charge in [-0.25, -0.2) is 4.79 Å². The number of nitrogens with zero attached hydrogens (tertiary/aromatic N) is 3. The summed E-state index contributed by atoms with van der Waals surface area (Å²) in [5.74, 6) is 2.31. The van der Waals surface area contributed by atoms with Crippen LogP contribution >= 0.6 is 0 Å². The molecule has 0 saturated heterocycles. The highest BCUT2D eigenvalue weighted by Gasteiger charge is 2.35. The number of aromatic nitrogens is 4. The second kappa shape index (κ2) is 5.23. The maximum atomic E-state index is 11.9. The van der Waals surface area contributed by atoms with Crippen LogP contribution in [0.3, 0.4) is 0 Å². The van der Waals surface area contributed by atoms with E-state index in [9.17, 15) is 4.79 Å². The van der Waals surface area contributed by atoms with Gasteiger partial charge in [-0.2, -0.15) is 10.2 Å². The summed E-state index contributed by atoms with van der Waals surface area (Å²) in [7, 11) is 0. The van der Waals surface area contributed by atoms with Crippen LogP contribution < -0.4 is 10.6 Å². The van der Waals surface area contributed by atoms with Crippen molar-refractivity contribution in [3.63, 3.8) is 0 Å². The number of anilines is 2. The molecule has 0 radical (unpaired) electrons. The minimum atomic E-state index is -0.342. The van der Waals surface area contributed by atoms with Gasteiger partial charge in [-0.05, 0) is 26.2 Å². The molecule has 1 saturated carbocycles. The number of carbonyl (C=O) groups is 1. The van der Waals surface area contributed by atoms with Crippen molar-refractivity contribution in [1.82, 2.24) is 20.0 Å². The summed E-state index contributed by atoms with van der Waals surface area (Å²) in [6, 6.07) is 3.57. The van der Waals surface area contributed by atoms with Crippen LogP contribution in [-0.2, 0) is 0 Å². The van der Waals surface area contributed by atoms with Gasteiger partial charge >= 0.3 is 6.03 Å². The summed E-state index contributed by atoms with van der Waals surface area (Å²) in [4.78, 5) is 11.9. The van der Waals surface area contributed by atoms with E-state index in [-0.39, 0.29) is 12.1 Å². The summed E-state index contributed by atoms with van der Waals surface area (Å²) in [6.45, 7) is 6.26. The highest BCUT2D eigenvalue weighted by atomic mass is 16.2. The molecule has 3 N–H and O–H groups in total. The first-order valence-corrected chi connectivity index (χ1v) is 7.21. The van der Waals surface area contributed by atoms with E-state index in [1.807, 2.05) is 26.1 Å². The molecule has 2 heterocycles. The van der Waals surface area contributed by atoms with E-state index in [1.54, 1.807) is 10.7 Å². The monoisotopic (exact) mass is 288 g/mol. The average molecular weight is 288 g/mol. The zero-order chi connectivity index (χ0) is 15.0. The lowest BCUT2D eigenvalue weighted by molar-refractivity contribution is 0.262. The van der Waals surface area contributed by atoms with Gasteiger partial charge in [-0.15, -0.1) is 0 Å². The molecule has 1 fully saturated rings. The van der Waals surface area contributed by atoms with Crippen molar-refractivity contribution in [3.8, 4) is 0 Å². The molecule has 0 spiro atoms. The fourth-order valence-corrected chi connectivity index (χ4v) is 2.30. The first kappa shape index (κ1) is 13.7. The van der Waals surface area contributed by atoms with E-state index in [1.165, 1.54) is 6.42 Å². The number of nitrogens with one attached hydrogen (secondary N) is 3. The van der Waals surface area contributed by atoms with Gasteiger partial charge in [0.25, 0.3) is 0 Å². The lowest BCUT2D eigenvalue weighted by Gasteiger charge is -2.04. The molecule has 2 aromatic rings. The maximum absolute atomic E-state index is 11.9. The second-order valence-electron chi connectivity index (χ2n) is 5.88. The van der Waals surface area contributed by atoms with Gasteiger partial charge in [0.1, 0.15) is 0 Å². The van der Waals surface area contributed by atoms with Gasteiger partial charge in [0.05, 0.1) is 0 Å². The fraction of sp³-hybridized carbons (Fsp3) is 0.500. The van der Waals surface area contributed by atoms with Gasteiger partial charge in [0.15, 0.2) is 11.6 Å². The van der Waals surface area contributed by atoms with E-state index in [4.69, 9.17) is 0 Å². The number of aromatic amines is 1. The molecule has 7 heteroatoms. The Kier molecular flexibility index (Phi) is 3.40. The summed E-state index contributed by atoms with van der Waals surface area (Å²) >= 11 is 0. The Morgan fingerprint density at radius 1 is 1.43 bits per heavy atom. The predicted octanol–water partition coefficient (Wildman–Crippen LogP) is 2.95. The van der Waals surface area contributed by atoms with Crippen LogP contribution in [0, 0.1) is 5.92 Å². The third-order valence-corrected chi connectivity index (χ3v) is 3.73. The zero-order valence-electron chi connectivity index (χ0n) is 12.4. The van der Waals surface area contributed by atoms with Crippen LogP contribution in [0.5, 0.6) is 0 Å². The number of urea groups is 1. The quantitative estimate of drug-likeness (QED) is 0.808. The molecular weight excluding hydrogens is 268 g/mol. The van der Waals surface area contributed by atoms with E-state index in [2.05, 4.69) is 32.9 Å². The van der Waals surface area contributed by atoms with Crippen molar-refractivity contribution in [2.75, 3.05) is 10.6 Å². The SMILES string of the molecule is CC1CC1c1cc(NC(=O)Nc2ccn(C(C)C)n2)n[nH]1. The molecule has 2 atom stereocenters. The molecule has 1 aliphatic carbocycles. The molecule has 2 amide bonds. The molecule has 2 aromatic heterocycles. The van der Waals surface area contributed by atoms with Gasteiger partial charge < -0.3 is 0 Å². The summed E-state index contributed by atoms with van der Waals surface area (Å²) in [5, 5.41) is 16.7. The molecular formula is C14H20N6O. The molecule has 1 aliphatic rings. The average Bonchev–Trinajstić information content (AvgIpc) is 2.84. The van der Waals surface area contributed by atoms with Crippen LogP contribution in [0.25, 0.3) is 0 Å². The highest BCUT2D eigenvalue weighted by molar-refractivity contribution is 5.98. The summed E-state index contributed by atoms with van der Waals surface area (Å²) < 4.78 is 1.79. The van der Waals surface area contributed by atoms with Gasteiger partial charge in [-0.3, -0.25) is 20.4 Å². The van der Waals surface area contributed by atoms with Crippen LogP contribution in [-0.4, -0.2) is 26.0 Å². The third-order valence-electron chi connectivity index (χ3n) is 3.73.